The molecule has 2 rings (SSSR count). The average molecular weight is 341 g/mol. The number of aliphatic hydroxyl groups is 1. The second kappa shape index (κ2) is 7.75. The number of carbonyl (C=O) groups excluding carboxylic acids is 2. The van der Waals surface area contributed by atoms with E-state index >= 15 is 0 Å². The van der Waals surface area contributed by atoms with Crippen LogP contribution >= 0.6 is 0 Å². The van der Waals surface area contributed by atoms with E-state index in [9.17, 15) is 19.5 Å². The van der Waals surface area contributed by atoms with Gasteiger partial charge in [-0.15, -0.1) is 0 Å². The highest BCUT2D eigenvalue weighted by atomic mass is 16.6. The second-order valence-corrected chi connectivity index (χ2v) is 5.20. The molecule has 3 atom stereocenters. The van der Waals surface area contributed by atoms with Gasteiger partial charge in [-0.1, -0.05) is 0 Å². The molecule has 6 N–H and O–H groups in total. The number of hydrogen-bond donors (Lipinski definition) is 4. The molecule has 2 heterocycles. The van der Waals surface area contributed by atoms with Crippen LogP contribution in [0.15, 0.2) is 17.1 Å². The van der Waals surface area contributed by atoms with Gasteiger partial charge in [-0.2, -0.15) is 4.98 Å². The van der Waals surface area contributed by atoms with E-state index in [1.807, 2.05) is 0 Å². The van der Waals surface area contributed by atoms with Crippen molar-refractivity contribution < 1.29 is 24.2 Å². The molecule has 0 aliphatic carbocycles. The van der Waals surface area contributed by atoms with E-state index in [-0.39, 0.29) is 31.8 Å². The molecule has 1 fully saturated rings. The summed E-state index contributed by atoms with van der Waals surface area (Å²) in [6.45, 7) is -0.123. The topological polar surface area (TPSA) is 172 Å². The first-order chi connectivity index (χ1) is 11.4. The van der Waals surface area contributed by atoms with Gasteiger partial charge in [0.15, 0.2) is 0 Å². The lowest BCUT2D eigenvalue weighted by Crippen LogP contribution is -2.32. The largest absolute Gasteiger partial charge is 0.463 e. The minimum Gasteiger partial charge on any atom is -0.463 e. The zero-order chi connectivity index (χ0) is 17.7. The predicted octanol–water partition coefficient (Wildman–Crippen LogP) is -1.92. The highest BCUT2D eigenvalue weighted by molar-refractivity contribution is 5.73. The van der Waals surface area contributed by atoms with Gasteiger partial charge >= 0.3 is 17.7 Å². The van der Waals surface area contributed by atoms with Gasteiger partial charge in [0.1, 0.15) is 24.8 Å². The third-order valence-electron chi connectivity index (χ3n) is 3.40. The summed E-state index contributed by atoms with van der Waals surface area (Å²) in [7, 11) is 0. The highest BCUT2D eigenvalue weighted by Crippen LogP contribution is 2.27. The van der Waals surface area contributed by atoms with Crippen molar-refractivity contribution in [1.29, 1.82) is 0 Å². The molecular formula is C13H19N5O6. The van der Waals surface area contributed by atoms with Crippen molar-refractivity contribution in [3.8, 4) is 0 Å². The monoisotopic (exact) mass is 341 g/mol. The Hall–Kier alpha value is -2.66. The summed E-state index contributed by atoms with van der Waals surface area (Å²) in [6.07, 6.45) is -0.885. The fourth-order valence-electron chi connectivity index (χ4n) is 2.22. The number of nitrogens with one attached hydrogen (secondary N) is 1. The van der Waals surface area contributed by atoms with E-state index in [1.54, 1.807) is 0 Å². The Morgan fingerprint density at radius 3 is 2.96 bits per heavy atom. The standard InChI is InChI=1S/C13H19N5O6/c14-9-2-4-18(13(22)17-9)10-5-7(19)8(24-10)6-23-11(20)1-3-16-12(15)21/h2,4,7-8,10,19H,1,3,5-6H2,(H2,14,17,22)(H3,15,16,21)/t7-,8+,10+/m0/s1. The number of nitrogens with zero attached hydrogens (tertiary/aromatic N) is 2. The minimum absolute atomic E-state index is 0.0529. The molecule has 11 nitrogen and oxygen atoms in total. The molecule has 1 aromatic rings. The number of rotatable bonds is 6. The lowest BCUT2D eigenvalue weighted by molar-refractivity contribution is -0.150. The Morgan fingerprint density at radius 2 is 2.29 bits per heavy atom. The lowest BCUT2D eigenvalue weighted by Gasteiger charge is -2.16. The number of primary amides is 1. The highest BCUT2D eigenvalue weighted by Gasteiger charge is 2.36. The average Bonchev–Trinajstić information content (AvgIpc) is 2.85. The number of carbonyl (C=O) groups is 2. The number of esters is 1. The molecule has 0 radical (unpaired) electrons. The minimum atomic E-state index is -0.906. The summed E-state index contributed by atoms with van der Waals surface area (Å²) >= 11 is 0. The molecule has 2 amide bonds. The first-order valence-corrected chi connectivity index (χ1v) is 7.24. The number of nitrogen functional groups attached to an aromatic ring is 1. The van der Waals surface area contributed by atoms with Crippen molar-refractivity contribution in [3.05, 3.63) is 22.7 Å². The summed E-state index contributed by atoms with van der Waals surface area (Å²) in [4.78, 5) is 37.3. The molecule has 132 valence electrons. The third-order valence-corrected chi connectivity index (χ3v) is 3.40. The number of aromatic nitrogens is 2. The molecule has 0 spiro atoms. The molecule has 1 aliphatic heterocycles. The van der Waals surface area contributed by atoms with E-state index in [4.69, 9.17) is 20.9 Å². The maximum atomic E-state index is 11.8. The van der Waals surface area contributed by atoms with Crippen LogP contribution in [-0.4, -0.2) is 52.0 Å². The predicted molar refractivity (Wildman–Crippen MR) is 80.6 cm³/mol. The van der Waals surface area contributed by atoms with Crippen LogP contribution in [0.4, 0.5) is 10.6 Å². The zero-order valence-corrected chi connectivity index (χ0v) is 12.8. The maximum Gasteiger partial charge on any atom is 0.351 e. The van der Waals surface area contributed by atoms with Gasteiger partial charge in [0, 0.05) is 19.2 Å². The van der Waals surface area contributed by atoms with Crippen LogP contribution in [0.25, 0.3) is 0 Å². The molecule has 24 heavy (non-hydrogen) atoms. The summed E-state index contributed by atoms with van der Waals surface area (Å²) < 4.78 is 11.7. The van der Waals surface area contributed by atoms with Gasteiger partial charge in [-0.25, -0.2) is 9.59 Å². The summed E-state index contributed by atoms with van der Waals surface area (Å²) in [5.74, 6) is -0.487. The number of ether oxygens (including phenoxy) is 2. The molecular weight excluding hydrogens is 322 g/mol. The van der Waals surface area contributed by atoms with Gasteiger partial charge < -0.3 is 31.4 Å². The Kier molecular flexibility index (Phi) is 5.71. The number of anilines is 1. The van der Waals surface area contributed by atoms with Crippen LogP contribution in [0.2, 0.25) is 0 Å². The van der Waals surface area contributed by atoms with Crippen LogP contribution in [0.5, 0.6) is 0 Å². The van der Waals surface area contributed by atoms with Gasteiger partial charge in [0.05, 0.1) is 12.5 Å². The van der Waals surface area contributed by atoms with E-state index in [2.05, 4.69) is 10.3 Å². The van der Waals surface area contributed by atoms with E-state index in [0.717, 1.165) is 0 Å². The first kappa shape index (κ1) is 17.7. The summed E-state index contributed by atoms with van der Waals surface area (Å²) in [5, 5.41) is 12.2. The number of hydrogen-bond acceptors (Lipinski definition) is 8. The number of aliphatic hydroxyl groups excluding tert-OH is 1. The van der Waals surface area contributed by atoms with Crippen LogP contribution in [-0.2, 0) is 14.3 Å². The van der Waals surface area contributed by atoms with Gasteiger partial charge in [0.2, 0.25) is 0 Å². The van der Waals surface area contributed by atoms with Crippen LogP contribution in [0.3, 0.4) is 0 Å². The van der Waals surface area contributed by atoms with Crippen molar-refractivity contribution in [3.63, 3.8) is 0 Å². The number of amides is 2. The smallest absolute Gasteiger partial charge is 0.351 e. The molecule has 0 aromatic carbocycles. The Balaban J connectivity index is 1.84. The van der Waals surface area contributed by atoms with E-state index < -0.39 is 36.1 Å². The number of nitrogens with two attached hydrogens (primary N) is 2. The van der Waals surface area contributed by atoms with Crippen LogP contribution in [0.1, 0.15) is 19.1 Å². The van der Waals surface area contributed by atoms with Gasteiger partial charge in [0.25, 0.3) is 0 Å². The SMILES string of the molecule is NC(=O)NCCC(=O)OC[C@H]1O[C@@H](n2ccc(N)nc2=O)C[C@@H]1O. The van der Waals surface area contributed by atoms with E-state index in [0.29, 0.717) is 0 Å². The first-order valence-electron chi connectivity index (χ1n) is 7.24. The number of urea groups is 1. The fraction of sp³-hybridized carbons (Fsp3) is 0.538. The molecule has 1 saturated heterocycles. The lowest BCUT2D eigenvalue weighted by atomic mass is 10.2. The molecule has 1 aliphatic rings. The molecule has 0 saturated carbocycles. The Labute approximate surface area is 136 Å². The molecule has 1 aromatic heterocycles. The molecule has 11 heteroatoms. The fourth-order valence-corrected chi connectivity index (χ4v) is 2.22. The molecule has 0 bridgehead atoms. The Bertz CT molecular complexity index is 662. The maximum absolute atomic E-state index is 11.8. The Morgan fingerprint density at radius 1 is 1.54 bits per heavy atom. The molecule has 0 unspecified atom stereocenters. The van der Waals surface area contributed by atoms with Gasteiger partial charge in [-0.3, -0.25) is 9.36 Å². The normalized spacial score (nSPS) is 23.0. The quantitative estimate of drug-likeness (QED) is 0.433. The second-order valence-electron chi connectivity index (χ2n) is 5.20. The van der Waals surface area contributed by atoms with Gasteiger partial charge in [-0.05, 0) is 6.07 Å². The third kappa shape index (κ3) is 4.67. The van der Waals surface area contributed by atoms with Crippen LogP contribution in [0, 0.1) is 0 Å². The van der Waals surface area contributed by atoms with Crippen molar-refractivity contribution >= 4 is 17.8 Å². The van der Waals surface area contributed by atoms with Crippen molar-refractivity contribution in [2.45, 2.75) is 31.3 Å². The zero-order valence-electron chi connectivity index (χ0n) is 12.8. The summed E-state index contributed by atoms with van der Waals surface area (Å²) in [6, 6.07) is 0.707. The van der Waals surface area contributed by atoms with Crippen molar-refractivity contribution in [1.82, 2.24) is 14.9 Å². The van der Waals surface area contributed by atoms with Crippen molar-refractivity contribution in [2.24, 2.45) is 5.73 Å². The van der Waals surface area contributed by atoms with E-state index in [1.165, 1.54) is 16.8 Å². The summed E-state index contributed by atoms with van der Waals surface area (Å²) in [5.41, 5.74) is 9.69. The van der Waals surface area contributed by atoms with Crippen LogP contribution < -0.4 is 22.5 Å². The van der Waals surface area contributed by atoms with Crippen molar-refractivity contribution in [2.75, 3.05) is 18.9 Å².